The summed E-state index contributed by atoms with van der Waals surface area (Å²) in [5, 5.41) is 8.84. The molecule has 6 nitrogen and oxygen atoms in total. The number of nitrogens with zero attached hydrogens (tertiary/aromatic N) is 3. The lowest BCUT2D eigenvalue weighted by atomic mass is 9.95. The van der Waals surface area contributed by atoms with E-state index in [1.54, 1.807) is 41.1 Å². The first kappa shape index (κ1) is 17.7. The molecule has 0 saturated carbocycles. The van der Waals surface area contributed by atoms with Crippen LogP contribution in [0.5, 0.6) is 0 Å². The van der Waals surface area contributed by atoms with E-state index in [1.807, 2.05) is 12.1 Å². The first-order chi connectivity index (χ1) is 12.6. The van der Waals surface area contributed by atoms with E-state index < -0.39 is 0 Å². The first-order valence-electron chi connectivity index (χ1n) is 8.65. The van der Waals surface area contributed by atoms with Crippen molar-refractivity contribution < 1.29 is 14.0 Å². The Morgan fingerprint density at radius 3 is 2.50 bits per heavy atom. The molecule has 0 unspecified atom stereocenters. The smallest absolute Gasteiger partial charge is 0.289 e. The Balaban J connectivity index is 1.52. The molecule has 2 heterocycles. The van der Waals surface area contributed by atoms with Gasteiger partial charge in [0.1, 0.15) is 0 Å². The van der Waals surface area contributed by atoms with Gasteiger partial charge in [0.15, 0.2) is 5.76 Å². The van der Waals surface area contributed by atoms with Gasteiger partial charge in [-0.1, -0.05) is 12.1 Å². The molecule has 0 radical (unpaired) electrons. The maximum absolute atomic E-state index is 12.7. The minimum atomic E-state index is -0.119. The Morgan fingerprint density at radius 2 is 1.92 bits per heavy atom. The van der Waals surface area contributed by atoms with Crippen LogP contribution in [-0.4, -0.2) is 41.8 Å². The fourth-order valence-electron chi connectivity index (χ4n) is 3.23. The van der Waals surface area contributed by atoms with Crippen LogP contribution in [0.4, 0.5) is 0 Å². The van der Waals surface area contributed by atoms with Gasteiger partial charge in [-0.3, -0.25) is 9.59 Å². The Hall–Kier alpha value is -3.07. The van der Waals surface area contributed by atoms with Gasteiger partial charge in [0.05, 0.1) is 17.9 Å². The number of likely N-dealkylation sites (tertiary alicyclic amines) is 1. The average Bonchev–Trinajstić information content (AvgIpc) is 3.22. The minimum Gasteiger partial charge on any atom is -0.459 e. The number of benzene rings is 1. The summed E-state index contributed by atoms with van der Waals surface area (Å²) in [5.41, 5.74) is 1.60. The fraction of sp³-hybridized carbons (Fsp3) is 0.350. The predicted molar refractivity (Wildman–Crippen MR) is 95.0 cm³/mol. The third-order valence-electron chi connectivity index (χ3n) is 4.74. The van der Waals surface area contributed by atoms with Gasteiger partial charge in [0, 0.05) is 32.6 Å². The van der Waals surface area contributed by atoms with Crippen LogP contribution in [0.1, 0.15) is 34.5 Å². The maximum Gasteiger partial charge on any atom is 0.289 e. The molecule has 26 heavy (non-hydrogen) atoms. The summed E-state index contributed by atoms with van der Waals surface area (Å²) in [4.78, 5) is 28.4. The number of hydrogen-bond acceptors (Lipinski definition) is 4. The monoisotopic (exact) mass is 351 g/mol. The second-order valence-electron chi connectivity index (χ2n) is 6.55. The maximum atomic E-state index is 12.7. The van der Waals surface area contributed by atoms with Crippen molar-refractivity contribution >= 4 is 11.8 Å². The van der Waals surface area contributed by atoms with Gasteiger partial charge in [-0.05, 0) is 42.7 Å². The largest absolute Gasteiger partial charge is 0.459 e. The molecule has 0 aliphatic carbocycles. The van der Waals surface area contributed by atoms with E-state index in [1.165, 1.54) is 6.26 Å². The van der Waals surface area contributed by atoms with Crippen LogP contribution in [0.2, 0.25) is 0 Å². The van der Waals surface area contributed by atoms with E-state index in [2.05, 4.69) is 6.07 Å². The van der Waals surface area contributed by atoms with E-state index in [-0.39, 0.29) is 17.7 Å². The Morgan fingerprint density at radius 1 is 1.23 bits per heavy atom. The van der Waals surface area contributed by atoms with Crippen molar-refractivity contribution in [3.8, 4) is 6.07 Å². The molecular formula is C20H21N3O3. The second kappa shape index (κ2) is 7.87. The Labute approximate surface area is 152 Å². The van der Waals surface area contributed by atoms with Gasteiger partial charge in [0.2, 0.25) is 5.91 Å². The van der Waals surface area contributed by atoms with Crippen LogP contribution in [0, 0.1) is 17.2 Å². The zero-order chi connectivity index (χ0) is 18.5. The fourth-order valence-corrected chi connectivity index (χ4v) is 3.23. The molecule has 2 aromatic rings. The highest BCUT2D eigenvalue weighted by Crippen LogP contribution is 2.22. The number of amides is 2. The molecule has 0 spiro atoms. The molecule has 1 aliphatic heterocycles. The van der Waals surface area contributed by atoms with E-state index in [4.69, 9.17) is 9.68 Å². The summed E-state index contributed by atoms with van der Waals surface area (Å²) >= 11 is 0. The highest BCUT2D eigenvalue weighted by atomic mass is 16.3. The van der Waals surface area contributed by atoms with Crippen LogP contribution in [-0.2, 0) is 11.3 Å². The zero-order valence-corrected chi connectivity index (χ0v) is 14.7. The van der Waals surface area contributed by atoms with Gasteiger partial charge in [-0.25, -0.2) is 0 Å². The number of hydrogen-bond donors (Lipinski definition) is 0. The first-order valence-corrected chi connectivity index (χ1v) is 8.65. The quantitative estimate of drug-likeness (QED) is 0.848. The van der Waals surface area contributed by atoms with Crippen LogP contribution in [0.3, 0.4) is 0 Å². The van der Waals surface area contributed by atoms with E-state index >= 15 is 0 Å². The van der Waals surface area contributed by atoms with Crippen LogP contribution < -0.4 is 0 Å². The molecule has 0 atom stereocenters. The number of furan rings is 1. The minimum absolute atomic E-state index is 0.0703. The van der Waals surface area contributed by atoms with Crippen LogP contribution in [0.15, 0.2) is 47.1 Å². The van der Waals surface area contributed by atoms with Crippen molar-refractivity contribution in [2.75, 3.05) is 20.1 Å². The lowest BCUT2D eigenvalue weighted by molar-refractivity contribution is -0.136. The third kappa shape index (κ3) is 3.94. The molecule has 0 N–H and O–H groups in total. The predicted octanol–water partition coefficient (Wildman–Crippen LogP) is 2.66. The molecule has 1 saturated heterocycles. The summed E-state index contributed by atoms with van der Waals surface area (Å²) in [6.45, 7) is 1.62. The molecule has 1 aromatic carbocycles. The summed E-state index contributed by atoms with van der Waals surface area (Å²) in [6.07, 6.45) is 2.80. The van der Waals surface area contributed by atoms with Gasteiger partial charge in [-0.15, -0.1) is 0 Å². The summed E-state index contributed by atoms with van der Waals surface area (Å²) in [5.74, 6) is 0.248. The average molecular weight is 351 g/mol. The van der Waals surface area contributed by atoms with E-state index in [0.717, 1.165) is 5.56 Å². The normalized spacial score (nSPS) is 14.7. The van der Waals surface area contributed by atoms with E-state index in [9.17, 15) is 9.59 Å². The lowest BCUT2D eigenvalue weighted by Crippen LogP contribution is -2.43. The highest BCUT2D eigenvalue weighted by Gasteiger charge is 2.30. The molecule has 1 aromatic heterocycles. The van der Waals surface area contributed by atoms with Crippen molar-refractivity contribution in [2.24, 2.45) is 5.92 Å². The Bertz CT molecular complexity index is 798. The van der Waals surface area contributed by atoms with Gasteiger partial charge >= 0.3 is 0 Å². The van der Waals surface area contributed by atoms with E-state index in [0.29, 0.717) is 43.8 Å². The SMILES string of the molecule is CN(Cc1ccc(C#N)cc1)C(=O)C1CCN(C(=O)c2ccco2)CC1. The summed E-state index contributed by atoms with van der Waals surface area (Å²) in [7, 11) is 1.79. The van der Waals surface area contributed by atoms with Crippen molar-refractivity contribution in [2.45, 2.75) is 19.4 Å². The Kier molecular flexibility index (Phi) is 5.37. The van der Waals surface area contributed by atoms with Crippen molar-refractivity contribution in [1.29, 1.82) is 5.26 Å². The van der Waals surface area contributed by atoms with Gasteiger partial charge < -0.3 is 14.2 Å². The standard InChI is InChI=1S/C20H21N3O3/c1-22(14-16-6-4-15(13-21)5-7-16)19(24)17-8-10-23(11-9-17)20(25)18-3-2-12-26-18/h2-7,12,17H,8-11,14H2,1H3. The molecule has 1 fully saturated rings. The third-order valence-corrected chi connectivity index (χ3v) is 4.74. The van der Waals surface area contributed by atoms with Gasteiger partial charge in [0.25, 0.3) is 5.91 Å². The van der Waals surface area contributed by atoms with Crippen molar-refractivity contribution in [3.63, 3.8) is 0 Å². The number of nitriles is 1. The van der Waals surface area contributed by atoms with Crippen molar-refractivity contribution in [1.82, 2.24) is 9.80 Å². The molecule has 134 valence electrons. The molecule has 1 aliphatic rings. The second-order valence-corrected chi connectivity index (χ2v) is 6.55. The number of rotatable bonds is 4. The lowest BCUT2D eigenvalue weighted by Gasteiger charge is -2.32. The zero-order valence-electron chi connectivity index (χ0n) is 14.7. The number of carbonyl (C=O) groups excluding carboxylic acids is 2. The molecule has 0 bridgehead atoms. The molecule has 2 amide bonds. The molecule has 6 heteroatoms. The summed E-state index contributed by atoms with van der Waals surface area (Å²) in [6, 6.07) is 12.7. The van der Waals surface area contributed by atoms with Crippen LogP contribution in [0.25, 0.3) is 0 Å². The topological polar surface area (TPSA) is 77.5 Å². The summed E-state index contributed by atoms with van der Waals surface area (Å²) < 4.78 is 5.16. The van der Waals surface area contributed by atoms with Gasteiger partial charge in [-0.2, -0.15) is 5.26 Å². The van der Waals surface area contributed by atoms with Crippen molar-refractivity contribution in [3.05, 3.63) is 59.5 Å². The number of carbonyl (C=O) groups is 2. The van der Waals surface area contributed by atoms with Crippen LogP contribution >= 0.6 is 0 Å². The molecular weight excluding hydrogens is 330 g/mol. The highest BCUT2D eigenvalue weighted by molar-refractivity contribution is 5.91. The molecule has 3 rings (SSSR count). The number of piperidine rings is 1.